The molecular weight excluding hydrogens is 385 g/mol. The number of rotatable bonds is 7. The van der Waals surface area contributed by atoms with Gasteiger partial charge in [-0.2, -0.15) is 0 Å². The third-order valence-electron chi connectivity index (χ3n) is 4.74. The van der Waals surface area contributed by atoms with Crippen molar-refractivity contribution >= 4 is 11.8 Å². The van der Waals surface area contributed by atoms with Gasteiger partial charge in [-0.1, -0.05) is 18.2 Å². The highest BCUT2D eigenvalue weighted by Gasteiger charge is 2.19. The average molecular weight is 409 g/mol. The molecule has 6 heteroatoms. The number of carbonyl (C=O) groups is 2. The van der Waals surface area contributed by atoms with Crippen LogP contribution in [-0.2, 0) is 9.53 Å². The minimum Gasteiger partial charge on any atom is -0.479 e. The molecule has 0 atom stereocenters. The Morgan fingerprint density at radius 1 is 0.933 bits per heavy atom. The molecule has 1 heterocycles. The van der Waals surface area contributed by atoms with Gasteiger partial charge in [-0.25, -0.2) is 9.18 Å². The van der Waals surface area contributed by atoms with Gasteiger partial charge in [-0.05, 0) is 69.2 Å². The lowest BCUT2D eigenvalue weighted by atomic mass is 10.1. The van der Waals surface area contributed by atoms with Gasteiger partial charge in [-0.15, -0.1) is 0 Å². The maximum atomic E-state index is 13.5. The molecule has 0 aliphatic rings. The second kappa shape index (κ2) is 8.95. The van der Waals surface area contributed by atoms with Crippen LogP contribution < -0.4 is 4.74 Å². The zero-order chi connectivity index (χ0) is 21.8. The van der Waals surface area contributed by atoms with Crippen molar-refractivity contribution in [3.8, 4) is 11.4 Å². The van der Waals surface area contributed by atoms with Gasteiger partial charge in [0.15, 0.2) is 24.8 Å². The molecule has 3 aromatic rings. The first-order valence-electron chi connectivity index (χ1n) is 9.60. The average Bonchev–Trinajstić information content (AvgIpc) is 2.99. The molecule has 0 amide bonds. The van der Waals surface area contributed by atoms with E-state index >= 15 is 0 Å². The number of nitrogens with zero attached hydrogens (tertiary/aromatic N) is 1. The first-order valence-corrected chi connectivity index (χ1v) is 9.60. The van der Waals surface area contributed by atoms with E-state index in [2.05, 4.69) is 18.2 Å². The van der Waals surface area contributed by atoms with Crippen LogP contribution in [-0.4, -0.2) is 29.5 Å². The number of hydrogen-bond acceptors (Lipinski definition) is 4. The zero-order valence-corrected chi connectivity index (χ0v) is 17.5. The number of ether oxygens (including phenoxy) is 2. The smallest absolute Gasteiger partial charge is 0.344 e. The van der Waals surface area contributed by atoms with E-state index in [0.717, 1.165) is 28.2 Å². The highest BCUT2D eigenvalue weighted by atomic mass is 19.1. The van der Waals surface area contributed by atoms with E-state index in [9.17, 15) is 14.0 Å². The fourth-order valence-electron chi connectivity index (χ4n) is 3.49. The van der Waals surface area contributed by atoms with E-state index < -0.39 is 25.0 Å². The first kappa shape index (κ1) is 21.3. The van der Waals surface area contributed by atoms with Crippen molar-refractivity contribution in [1.29, 1.82) is 0 Å². The maximum absolute atomic E-state index is 13.5. The van der Waals surface area contributed by atoms with Crippen molar-refractivity contribution in [3.63, 3.8) is 0 Å². The Morgan fingerprint density at radius 2 is 1.60 bits per heavy atom. The predicted octanol–water partition coefficient (Wildman–Crippen LogP) is 4.65. The van der Waals surface area contributed by atoms with Gasteiger partial charge in [0.2, 0.25) is 5.78 Å². The number of aryl methyl sites for hydroxylation is 3. The molecule has 0 spiro atoms. The molecular formula is C24H24FNO4. The van der Waals surface area contributed by atoms with Gasteiger partial charge < -0.3 is 14.0 Å². The molecule has 0 unspecified atom stereocenters. The fraction of sp³-hybridized carbons (Fsp3) is 0.250. The Balaban J connectivity index is 1.66. The number of Topliss-reactive ketones (excluding diaryl/α,β-unsaturated/α-hetero) is 1. The number of aromatic nitrogens is 1. The highest BCUT2D eigenvalue weighted by Crippen LogP contribution is 2.23. The molecule has 156 valence electrons. The summed E-state index contributed by atoms with van der Waals surface area (Å²) in [4.78, 5) is 24.5. The number of hydrogen-bond donors (Lipinski definition) is 0. The summed E-state index contributed by atoms with van der Waals surface area (Å²) >= 11 is 0. The SMILES string of the molecule is Cc1cc(C)cc(-n2c(C)cc(C(=O)COC(=O)COc3ccccc3F)c2C)c1. The molecule has 0 N–H and O–H groups in total. The summed E-state index contributed by atoms with van der Waals surface area (Å²) in [6.07, 6.45) is 0. The standard InChI is InChI=1S/C24H24FNO4/c1-15-9-16(2)11-19(10-15)26-17(3)12-20(18(26)4)22(27)13-30-24(28)14-29-23-8-6-5-7-21(23)25/h5-12H,13-14H2,1-4H3. The van der Waals surface area contributed by atoms with Crippen LogP contribution in [0.25, 0.3) is 5.69 Å². The normalized spacial score (nSPS) is 10.7. The lowest BCUT2D eigenvalue weighted by Crippen LogP contribution is -2.20. The Kier molecular flexibility index (Phi) is 6.35. The molecule has 2 aromatic carbocycles. The van der Waals surface area contributed by atoms with Crippen molar-refractivity contribution in [2.24, 2.45) is 0 Å². The zero-order valence-electron chi connectivity index (χ0n) is 17.5. The van der Waals surface area contributed by atoms with E-state index in [-0.39, 0.29) is 11.5 Å². The number of halogens is 1. The topological polar surface area (TPSA) is 57.5 Å². The van der Waals surface area contributed by atoms with Gasteiger partial charge in [0.1, 0.15) is 0 Å². The minimum atomic E-state index is -0.741. The third-order valence-corrected chi connectivity index (χ3v) is 4.74. The molecule has 0 radical (unpaired) electrons. The van der Waals surface area contributed by atoms with Crippen LogP contribution in [0.1, 0.15) is 32.9 Å². The summed E-state index contributed by atoms with van der Waals surface area (Å²) in [5.41, 5.74) is 5.44. The van der Waals surface area contributed by atoms with E-state index in [1.165, 1.54) is 18.2 Å². The summed E-state index contributed by atoms with van der Waals surface area (Å²) in [7, 11) is 0. The summed E-state index contributed by atoms with van der Waals surface area (Å²) in [5.74, 6) is -1.66. The summed E-state index contributed by atoms with van der Waals surface area (Å²) in [6.45, 7) is 6.96. The first-order chi connectivity index (χ1) is 14.3. The molecule has 0 bridgehead atoms. The molecule has 0 aliphatic heterocycles. The van der Waals surface area contributed by atoms with E-state index in [1.54, 1.807) is 12.1 Å². The Bertz CT molecular complexity index is 1080. The number of esters is 1. The van der Waals surface area contributed by atoms with Crippen LogP contribution in [0.5, 0.6) is 5.75 Å². The van der Waals surface area contributed by atoms with Gasteiger partial charge >= 0.3 is 5.97 Å². The quantitative estimate of drug-likeness (QED) is 0.421. The minimum absolute atomic E-state index is 0.0437. The third kappa shape index (κ3) is 4.76. The summed E-state index contributed by atoms with van der Waals surface area (Å²) < 4.78 is 25.6. The van der Waals surface area contributed by atoms with Gasteiger partial charge in [0.05, 0.1) is 0 Å². The second-order valence-corrected chi connectivity index (χ2v) is 7.27. The lowest BCUT2D eigenvalue weighted by molar-refractivity contribution is -0.144. The number of carbonyl (C=O) groups excluding carboxylic acids is 2. The van der Waals surface area contributed by atoms with Crippen LogP contribution in [0.15, 0.2) is 48.5 Å². The predicted molar refractivity (Wildman–Crippen MR) is 112 cm³/mol. The molecule has 3 rings (SSSR count). The lowest BCUT2D eigenvalue weighted by Gasteiger charge is -2.12. The maximum Gasteiger partial charge on any atom is 0.344 e. The van der Waals surface area contributed by atoms with Crippen LogP contribution in [0.4, 0.5) is 4.39 Å². The van der Waals surface area contributed by atoms with Crippen LogP contribution in [0.3, 0.4) is 0 Å². The Labute approximate surface area is 175 Å². The van der Waals surface area contributed by atoms with Crippen LogP contribution in [0.2, 0.25) is 0 Å². The van der Waals surface area contributed by atoms with Crippen molar-refractivity contribution in [1.82, 2.24) is 4.57 Å². The van der Waals surface area contributed by atoms with Gasteiger partial charge in [-0.3, -0.25) is 4.79 Å². The summed E-state index contributed by atoms with van der Waals surface area (Å²) in [5, 5.41) is 0. The van der Waals surface area contributed by atoms with Crippen molar-refractivity contribution in [2.75, 3.05) is 13.2 Å². The Hall–Kier alpha value is -3.41. The van der Waals surface area contributed by atoms with Crippen LogP contribution >= 0.6 is 0 Å². The van der Waals surface area contributed by atoms with E-state index in [1.807, 2.05) is 32.3 Å². The fourth-order valence-corrected chi connectivity index (χ4v) is 3.49. The van der Waals surface area contributed by atoms with Crippen molar-refractivity contribution in [3.05, 3.63) is 82.4 Å². The van der Waals surface area contributed by atoms with E-state index in [0.29, 0.717) is 5.56 Å². The molecule has 0 aliphatic carbocycles. The largest absolute Gasteiger partial charge is 0.479 e. The highest BCUT2D eigenvalue weighted by molar-refractivity contribution is 5.99. The van der Waals surface area contributed by atoms with Gasteiger partial charge in [0, 0.05) is 22.6 Å². The monoisotopic (exact) mass is 409 g/mol. The molecule has 30 heavy (non-hydrogen) atoms. The molecule has 0 saturated heterocycles. The Morgan fingerprint density at radius 3 is 2.27 bits per heavy atom. The molecule has 1 aromatic heterocycles. The van der Waals surface area contributed by atoms with Crippen molar-refractivity contribution in [2.45, 2.75) is 27.7 Å². The molecule has 0 fully saturated rings. The van der Waals surface area contributed by atoms with Crippen molar-refractivity contribution < 1.29 is 23.5 Å². The summed E-state index contributed by atoms with van der Waals surface area (Å²) in [6, 6.07) is 13.8. The molecule has 5 nitrogen and oxygen atoms in total. The van der Waals surface area contributed by atoms with Crippen LogP contribution in [0, 0.1) is 33.5 Å². The number of benzene rings is 2. The molecule has 0 saturated carbocycles. The van der Waals surface area contributed by atoms with E-state index in [4.69, 9.17) is 9.47 Å². The number of ketones is 1. The second-order valence-electron chi connectivity index (χ2n) is 7.27. The van der Waals surface area contributed by atoms with Gasteiger partial charge in [0.25, 0.3) is 0 Å². The number of para-hydroxylation sites is 1.